The van der Waals surface area contributed by atoms with Gasteiger partial charge in [-0.3, -0.25) is 0 Å². The van der Waals surface area contributed by atoms with Crippen LogP contribution < -0.4 is 11.1 Å². The summed E-state index contributed by atoms with van der Waals surface area (Å²) in [6.07, 6.45) is -5.32. The van der Waals surface area contributed by atoms with Crippen LogP contribution in [0.25, 0.3) is 0 Å². The molecular formula is C10H9BrF4N2S. The monoisotopic (exact) mass is 344 g/mol. The number of benzene rings is 1. The first-order valence-corrected chi connectivity index (χ1v) is 6.01. The molecule has 0 fully saturated rings. The van der Waals surface area contributed by atoms with E-state index < -0.39 is 25.0 Å². The third kappa shape index (κ3) is 4.09. The summed E-state index contributed by atoms with van der Waals surface area (Å²) in [5.41, 5.74) is 5.62. The van der Waals surface area contributed by atoms with Crippen LogP contribution in [-0.2, 0) is 0 Å². The zero-order chi connectivity index (χ0) is 13.9. The van der Waals surface area contributed by atoms with E-state index in [1.54, 1.807) is 0 Å². The fourth-order valence-corrected chi connectivity index (χ4v) is 2.08. The van der Waals surface area contributed by atoms with Crippen molar-refractivity contribution < 1.29 is 17.6 Å². The fraction of sp³-hybridized carbons (Fsp3) is 0.300. The second-order valence-electron chi connectivity index (χ2n) is 3.44. The molecule has 18 heavy (non-hydrogen) atoms. The van der Waals surface area contributed by atoms with Crippen LogP contribution in [0, 0.1) is 5.82 Å². The number of anilines is 1. The molecule has 0 atom stereocenters. The van der Waals surface area contributed by atoms with Gasteiger partial charge in [0.25, 0.3) is 0 Å². The second-order valence-corrected chi connectivity index (χ2v) is 4.68. The molecule has 0 aromatic heterocycles. The summed E-state index contributed by atoms with van der Waals surface area (Å²) in [6, 6.07) is 2.73. The predicted octanol–water partition coefficient (Wildman–Crippen LogP) is 3.59. The van der Waals surface area contributed by atoms with Crippen molar-refractivity contribution in [2.75, 3.05) is 11.9 Å². The number of thiocarbonyl (C=S) groups is 1. The van der Waals surface area contributed by atoms with Crippen molar-refractivity contribution in [2.45, 2.75) is 12.6 Å². The highest BCUT2D eigenvalue weighted by Gasteiger charge is 2.26. The Morgan fingerprint density at radius 2 is 2.00 bits per heavy atom. The van der Waals surface area contributed by atoms with Gasteiger partial charge >= 0.3 is 6.18 Å². The van der Waals surface area contributed by atoms with E-state index in [9.17, 15) is 17.6 Å². The van der Waals surface area contributed by atoms with Crippen LogP contribution in [0.1, 0.15) is 12.0 Å². The van der Waals surface area contributed by atoms with Gasteiger partial charge in [-0.15, -0.1) is 0 Å². The highest BCUT2D eigenvalue weighted by atomic mass is 79.9. The van der Waals surface area contributed by atoms with Crippen LogP contribution in [0.5, 0.6) is 0 Å². The molecule has 8 heteroatoms. The number of nitrogens with one attached hydrogen (secondary N) is 1. The van der Waals surface area contributed by atoms with E-state index in [1.807, 2.05) is 0 Å². The molecule has 0 aliphatic rings. The first kappa shape index (κ1) is 15.2. The van der Waals surface area contributed by atoms with E-state index in [4.69, 9.17) is 18.0 Å². The van der Waals surface area contributed by atoms with Crippen LogP contribution in [0.15, 0.2) is 16.6 Å². The lowest BCUT2D eigenvalue weighted by Gasteiger charge is -2.12. The van der Waals surface area contributed by atoms with Crippen molar-refractivity contribution in [3.8, 4) is 0 Å². The van der Waals surface area contributed by atoms with Crippen molar-refractivity contribution in [1.82, 2.24) is 0 Å². The Kier molecular flexibility index (Phi) is 4.92. The summed E-state index contributed by atoms with van der Waals surface area (Å²) < 4.78 is 49.6. The van der Waals surface area contributed by atoms with Gasteiger partial charge in [-0.25, -0.2) is 4.39 Å². The molecule has 3 N–H and O–H groups in total. The van der Waals surface area contributed by atoms with Crippen molar-refractivity contribution in [3.63, 3.8) is 0 Å². The third-order valence-corrected chi connectivity index (χ3v) is 3.07. The lowest BCUT2D eigenvalue weighted by Crippen LogP contribution is -2.16. The molecule has 100 valence electrons. The van der Waals surface area contributed by atoms with E-state index in [2.05, 4.69) is 21.2 Å². The Morgan fingerprint density at radius 3 is 2.50 bits per heavy atom. The third-order valence-electron chi connectivity index (χ3n) is 2.07. The Labute approximate surface area is 115 Å². The molecule has 0 bridgehead atoms. The summed E-state index contributed by atoms with van der Waals surface area (Å²) >= 11 is 7.66. The number of hydrogen-bond acceptors (Lipinski definition) is 2. The minimum absolute atomic E-state index is 0.00242. The summed E-state index contributed by atoms with van der Waals surface area (Å²) in [4.78, 5) is 0.00242. The van der Waals surface area contributed by atoms with Gasteiger partial charge in [0.15, 0.2) is 5.82 Å². The zero-order valence-electron chi connectivity index (χ0n) is 8.94. The molecule has 0 saturated carbocycles. The van der Waals surface area contributed by atoms with Crippen LogP contribution in [0.3, 0.4) is 0 Å². The lowest BCUT2D eigenvalue weighted by molar-refractivity contribution is -0.131. The maximum atomic E-state index is 13.7. The number of alkyl halides is 3. The average Bonchev–Trinajstić information content (AvgIpc) is 2.22. The van der Waals surface area contributed by atoms with E-state index in [-0.39, 0.29) is 15.1 Å². The fourth-order valence-electron chi connectivity index (χ4n) is 1.22. The Bertz CT molecular complexity index is 462. The normalized spacial score (nSPS) is 11.4. The highest BCUT2D eigenvalue weighted by Crippen LogP contribution is 2.27. The molecule has 0 radical (unpaired) electrons. The van der Waals surface area contributed by atoms with Gasteiger partial charge in [0, 0.05) is 12.1 Å². The molecule has 0 aliphatic carbocycles. The van der Waals surface area contributed by atoms with Gasteiger partial charge in [-0.1, -0.05) is 12.2 Å². The molecule has 0 saturated heterocycles. The van der Waals surface area contributed by atoms with E-state index in [0.29, 0.717) is 5.56 Å². The van der Waals surface area contributed by atoms with Crippen LogP contribution in [0.4, 0.5) is 23.2 Å². The molecule has 0 unspecified atom stereocenters. The van der Waals surface area contributed by atoms with Crippen LogP contribution in [-0.4, -0.2) is 17.7 Å². The smallest absolute Gasteiger partial charge is 0.389 e. The molecule has 2 nitrogen and oxygen atoms in total. The second kappa shape index (κ2) is 5.83. The first-order valence-electron chi connectivity index (χ1n) is 4.81. The number of halogens is 5. The summed E-state index contributed by atoms with van der Waals surface area (Å²) in [7, 11) is 0. The van der Waals surface area contributed by atoms with Crippen molar-refractivity contribution >= 4 is 38.8 Å². The molecule has 1 rings (SSSR count). The lowest BCUT2D eigenvalue weighted by atomic mass is 10.2. The van der Waals surface area contributed by atoms with Crippen molar-refractivity contribution in [3.05, 3.63) is 28.0 Å². The number of nitrogens with two attached hydrogens (primary N) is 1. The molecule has 1 aromatic carbocycles. The van der Waals surface area contributed by atoms with Gasteiger partial charge in [-0.2, -0.15) is 13.2 Å². The maximum absolute atomic E-state index is 13.7. The Morgan fingerprint density at radius 1 is 1.39 bits per heavy atom. The number of rotatable bonds is 4. The van der Waals surface area contributed by atoms with Gasteiger partial charge < -0.3 is 11.1 Å². The summed E-state index contributed by atoms with van der Waals surface area (Å²) in [5, 5.41) is 2.37. The topological polar surface area (TPSA) is 38.0 Å². The van der Waals surface area contributed by atoms with E-state index in [0.717, 1.165) is 0 Å². The SMILES string of the molecule is NC(=S)c1ccc(NCCC(F)(F)F)c(F)c1Br. The van der Waals surface area contributed by atoms with Gasteiger partial charge in [-0.05, 0) is 28.1 Å². The zero-order valence-corrected chi connectivity index (χ0v) is 11.3. The molecule has 1 aromatic rings. The van der Waals surface area contributed by atoms with E-state index in [1.165, 1.54) is 12.1 Å². The minimum Gasteiger partial charge on any atom is -0.389 e. The average molecular weight is 345 g/mol. The predicted molar refractivity (Wildman–Crippen MR) is 69.1 cm³/mol. The van der Waals surface area contributed by atoms with Gasteiger partial charge in [0.1, 0.15) is 4.99 Å². The minimum atomic E-state index is -4.28. The first-order chi connectivity index (χ1) is 8.22. The van der Waals surface area contributed by atoms with Gasteiger partial charge in [0.2, 0.25) is 0 Å². The Hall–Kier alpha value is -0.890. The maximum Gasteiger partial charge on any atom is 0.390 e. The molecular weight excluding hydrogens is 336 g/mol. The number of hydrogen-bond donors (Lipinski definition) is 2. The summed E-state index contributed by atoms with van der Waals surface area (Å²) in [6.45, 7) is -0.403. The standard InChI is InChI=1S/C10H9BrF4N2S/c11-7-5(9(16)18)1-2-6(8(7)12)17-4-3-10(13,14)15/h1-2,17H,3-4H2,(H2,16,18). The molecule has 0 aliphatic heterocycles. The van der Waals surface area contributed by atoms with Crippen LogP contribution in [0.2, 0.25) is 0 Å². The summed E-state index contributed by atoms with van der Waals surface area (Å²) in [5.74, 6) is -0.720. The largest absolute Gasteiger partial charge is 0.390 e. The Balaban J connectivity index is 2.80. The molecule has 0 spiro atoms. The molecule has 0 amide bonds. The highest BCUT2D eigenvalue weighted by molar-refractivity contribution is 9.10. The van der Waals surface area contributed by atoms with Crippen molar-refractivity contribution in [1.29, 1.82) is 0 Å². The van der Waals surface area contributed by atoms with Crippen molar-refractivity contribution in [2.24, 2.45) is 5.73 Å². The quantitative estimate of drug-likeness (QED) is 0.647. The van der Waals surface area contributed by atoms with E-state index >= 15 is 0 Å². The van der Waals surface area contributed by atoms with Gasteiger partial charge in [0.05, 0.1) is 16.6 Å². The van der Waals surface area contributed by atoms with Crippen LogP contribution >= 0.6 is 28.1 Å². The molecule has 0 heterocycles.